The Bertz CT molecular complexity index is 298. The van der Waals surface area contributed by atoms with Crippen LogP contribution in [0.4, 0.5) is 0 Å². The summed E-state index contributed by atoms with van der Waals surface area (Å²) >= 11 is 0. The molecule has 1 saturated heterocycles. The number of nitrogens with zero attached hydrogens (tertiary/aromatic N) is 3. The molecule has 21 heavy (non-hydrogen) atoms. The number of likely N-dealkylation sites (N-methyl/N-ethyl adjacent to an activating group) is 2. The van der Waals surface area contributed by atoms with Crippen LogP contribution in [0, 0.1) is 0 Å². The molecule has 0 aromatic heterocycles. The first-order chi connectivity index (χ1) is 10.2. The molecule has 6 nitrogen and oxygen atoms in total. The second-order valence-electron chi connectivity index (χ2n) is 5.59. The van der Waals surface area contributed by atoms with E-state index in [9.17, 15) is 0 Å². The van der Waals surface area contributed by atoms with Gasteiger partial charge in [0.05, 0.1) is 6.54 Å². The monoisotopic (exact) mass is 299 g/mol. The minimum atomic E-state index is 0.502. The van der Waals surface area contributed by atoms with Gasteiger partial charge in [-0.3, -0.25) is 9.89 Å². The number of guanidine groups is 1. The van der Waals surface area contributed by atoms with Crippen molar-refractivity contribution in [2.24, 2.45) is 4.99 Å². The van der Waals surface area contributed by atoms with Crippen LogP contribution >= 0.6 is 0 Å². The Balaban J connectivity index is 2.35. The summed E-state index contributed by atoms with van der Waals surface area (Å²) in [5.41, 5.74) is 0. The van der Waals surface area contributed by atoms with Crippen LogP contribution in [0.25, 0.3) is 0 Å². The lowest BCUT2D eigenvalue weighted by atomic mass is 10.2. The summed E-state index contributed by atoms with van der Waals surface area (Å²) in [6.45, 7) is 11.7. The molecule has 1 rings (SSSR count). The summed E-state index contributed by atoms with van der Waals surface area (Å²) in [5.74, 6) is 0.913. The van der Waals surface area contributed by atoms with E-state index in [1.165, 1.54) is 0 Å². The quantitative estimate of drug-likeness (QED) is 0.381. The Hall–Kier alpha value is -0.850. The predicted molar refractivity (Wildman–Crippen MR) is 89.0 cm³/mol. The van der Waals surface area contributed by atoms with Crippen LogP contribution in [0.1, 0.15) is 20.3 Å². The smallest absolute Gasteiger partial charge is 0.191 e. The summed E-state index contributed by atoms with van der Waals surface area (Å²) in [6.07, 6.45) is 1.00. The fourth-order valence-corrected chi connectivity index (χ4v) is 2.36. The predicted octanol–water partition coefficient (Wildman–Crippen LogP) is 0.214. The minimum Gasteiger partial charge on any atom is -0.382 e. The Morgan fingerprint density at radius 2 is 2.05 bits per heavy atom. The Labute approximate surface area is 129 Å². The lowest BCUT2D eigenvalue weighted by Gasteiger charge is -2.36. The third kappa shape index (κ3) is 7.64. The molecule has 1 aliphatic heterocycles. The molecule has 1 heterocycles. The van der Waals surface area contributed by atoms with E-state index in [0.717, 1.165) is 64.9 Å². The SMILES string of the molecule is CCNC(=NCC1CN(C)CCN1C)NCCCOCC. The average molecular weight is 299 g/mol. The number of rotatable bonds is 8. The standard InChI is InChI=1S/C15H33N5O/c1-5-16-15(17-8-7-11-21-6-2)18-12-14-13-19(3)9-10-20(14)4/h14H,5-13H2,1-4H3,(H2,16,17,18). The average Bonchev–Trinajstić information content (AvgIpc) is 2.47. The van der Waals surface area contributed by atoms with Gasteiger partial charge in [0.15, 0.2) is 5.96 Å². The molecule has 0 amide bonds. The maximum absolute atomic E-state index is 5.34. The van der Waals surface area contributed by atoms with Crippen molar-refractivity contribution in [3.05, 3.63) is 0 Å². The van der Waals surface area contributed by atoms with Crippen LogP contribution in [-0.4, -0.2) is 88.4 Å². The van der Waals surface area contributed by atoms with Gasteiger partial charge >= 0.3 is 0 Å². The molecule has 0 saturated carbocycles. The van der Waals surface area contributed by atoms with Gasteiger partial charge < -0.3 is 20.3 Å². The third-order valence-corrected chi connectivity index (χ3v) is 3.75. The zero-order valence-corrected chi connectivity index (χ0v) is 14.2. The molecule has 0 aromatic carbocycles. The van der Waals surface area contributed by atoms with E-state index in [2.05, 4.69) is 41.5 Å². The Morgan fingerprint density at radius 1 is 1.24 bits per heavy atom. The number of aliphatic imine (C=N–C) groups is 1. The third-order valence-electron chi connectivity index (χ3n) is 3.75. The maximum Gasteiger partial charge on any atom is 0.191 e. The fourth-order valence-electron chi connectivity index (χ4n) is 2.36. The van der Waals surface area contributed by atoms with Crippen LogP contribution in [0.2, 0.25) is 0 Å². The summed E-state index contributed by atoms with van der Waals surface area (Å²) in [7, 11) is 4.37. The van der Waals surface area contributed by atoms with Crippen molar-refractivity contribution in [1.82, 2.24) is 20.4 Å². The lowest BCUT2D eigenvalue weighted by Crippen LogP contribution is -2.51. The van der Waals surface area contributed by atoms with Gasteiger partial charge in [-0.25, -0.2) is 0 Å². The van der Waals surface area contributed by atoms with Crippen LogP contribution < -0.4 is 10.6 Å². The molecular weight excluding hydrogens is 266 g/mol. The first-order valence-electron chi connectivity index (χ1n) is 8.16. The van der Waals surface area contributed by atoms with E-state index >= 15 is 0 Å². The van der Waals surface area contributed by atoms with Gasteiger partial charge in [0.2, 0.25) is 0 Å². The highest BCUT2D eigenvalue weighted by atomic mass is 16.5. The van der Waals surface area contributed by atoms with Gasteiger partial charge in [0.25, 0.3) is 0 Å². The zero-order chi connectivity index (χ0) is 15.5. The molecule has 0 aromatic rings. The summed E-state index contributed by atoms with van der Waals surface area (Å²) < 4.78 is 5.34. The minimum absolute atomic E-state index is 0.502. The molecule has 6 heteroatoms. The molecule has 0 bridgehead atoms. The molecule has 1 unspecified atom stereocenters. The second kappa shape index (κ2) is 10.8. The number of hydrogen-bond acceptors (Lipinski definition) is 4. The molecule has 1 aliphatic rings. The van der Waals surface area contributed by atoms with Gasteiger partial charge in [0, 0.05) is 52.0 Å². The van der Waals surface area contributed by atoms with E-state index in [4.69, 9.17) is 9.73 Å². The van der Waals surface area contributed by atoms with Crippen molar-refractivity contribution in [2.75, 3.05) is 66.6 Å². The number of hydrogen-bond donors (Lipinski definition) is 2. The van der Waals surface area contributed by atoms with E-state index in [1.807, 2.05) is 6.92 Å². The van der Waals surface area contributed by atoms with Crippen molar-refractivity contribution in [1.29, 1.82) is 0 Å². The lowest BCUT2D eigenvalue weighted by molar-refractivity contribution is 0.119. The van der Waals surface area contributed by atoms with Crippen molar-refractivity contribution >= 4 is 5.96 Å². The Morgan fingerprint density at radius 3 is 2.76 bits per heavy atom. The van der Waals surface area contributed by atoms with Gasteiger partial charge in [-0.2, -0.15) is 0 Å². The van der Waals surface area contributed by atoms with E-state index < -0.39 is 0 Å². The first kappa shape index (κ1) is 18.2. The fraction of sp³-hybridized carbons (Fsp3) is 0.933. The number of piperazine rings is 1. The maximum atomic E-state index is 5.34. The summed E-state index contributed by atoms with van der Waals surface area (Å²) in [6, 6.07) is 0.502. The highest BCUT2D eigenvalue weighted by Gasteiger charge is 2.21. The van der Waals surface area contributed by atoms with E-state index in [-0.39, 0.29) is 0 Å². The first-order valence-corrected chi connectivity index (χ1v) is 8.16. The topological polar surface area (TPSA) is 52.1 Å². The molecule has 1 fully saturated rings. The van der Waals surface area contributed by atoms with E-state index in [0.29, 0.717) is 6.04 Å². The van der Waals surface area contributed by atoms with Crippen LogP contribution in [0.15, 0.2) is 4.99 Å². The van der Waals surface area contributed by atoms with Gasteiger partial charge in [-0.1, -0.05) is 0 Å². The number of ether oxygens (including phenoxy) is 1. The van der Waals surface area contributed by atoms with Gasteiger partial charge in [-0.15, -0.1) is 0 Å². The summed E-state index contributed by atoms with van der Waals surface area (Å²) in [4.78, 5) is 9.51. The molecule has 124 valence electrons. The molecule has 2 N–H and O–H groups in total. The molecular formula is C15H33N5O. The molecule has 1 atom stereocenters. The second-order valence-corrected chi connectivity index (χ2v) is 5.59. The van der Waals surface area contributed by atoms with Crippen molar-refractivity contribution < 1.29 is 4.74 Å². The van der Waals surface area contributed by atoms with Crippen LogP contribution in [-0.2, 0) is 4.74 Å². The van der Waals surface area contributed by atoms with Gasteiger partial charge in [0.1, 0.15) is 0 Å². The highest BCUT2D eigenvalue weighted by Crippen LogP contribution is 2.05. The van der Waals surface area contributed by atoms with Crippen molar-refractivity contribution in [2.45, 2.75) is 26.3 Å². The van der Waals surface area contributed by atoms with Gasteiger partial charge in [-0.05, 0) is 34.4 Å². The number of nitrogens with one attached hydrogen (secondary N) is 2. The van der Waals surface area contributed by atoms with Crippen LogP contribution in [0.3, 0.4) is 0 Å². The zero-order valence-electron chi connectivity index (χ0n) is 14.2. The largest absolute Gasteiger partial charge is 0.382 e. The van der Waals surface area contributed by atoms with Crippen LogP contribution in [0.5, 0.6) is 0 Å². The van der Waals surface area contributed by atoms with Crippen molar-refractivity contribution in [3.8, 4) is 0 Å². The summed E-state index contributed by atoms with van der Waals surface area (Å²) in [5, 5.41) is 6.68. The Kier molecular flexibility index (Phi) is 9.37. The van der Waals surface area contributed by atoms with Crippen molar-refractivity contribution in [3.63, 3.8) is 0 Å². The molecule has 0 radical (unpaired) electrons. The molecule has 0 spiro atoms. The highest BCUT2D eigenvalue weighted by molar-refractivity contribution is 5.79. The molecule has 0 aliphatic carbocycles. The van der Waals surface area contributed by atoms with E-state index in [1.54, 1.807) is 0 Å². The normalized spacial score (nSPS) is 21.5.